The van der Waals surface area contributed by atoms with Crippen molar-refractivity contribution in [3.8, 4) is 11.5 Å². The fraction of sp³-hybridized carbons (Fsp3) is 0.174. The quantitative estimate of drug-likeness (QED) is 0.547. The topological polar surface area (TPSA) is 84.9 Å². The van der Waals surface area contributed by atoms with Gasteiger partial charge in [-0.2, -0.15) is 0 Å². The van der Waals surface area contributed by atoms with E-state index in [1.807, 2.05) is 0 Å². The zero-order chi connectivity index (χ0) is 23.3. The maximum atomic E-state index is 13.6. The average Bonchev–Trinajstić information content (AvgIpc) is 2.78. The van der Waals surface area contributed by atoms with Crippen molar-refractivity contribution in [3.63, 3.8) is 0 Å². The highest BCUT2D eigenvalue weighted by Gasteiger charge is 2.26. The van der Waals surface area contributed by atoms with E-state index in [2.05, 4.69) is 5.32 Å². The number of nitrogens with one attached hydrogen (secondary N) is 1. The Morgan fingerprint density at radius 3 is 2.12 bits per heavy atom. The van der Waals surface area contributed by atoms with Gasteiger partial charge in [-0.3, -0.25) is 9.10 Å². The molecule has 0 heterocycles. The van der Waals surface area contributed by atoms with E-state index < -0.39 is 15.8 Å². The van der Waals surface area contributed by atoms with Gasteiger partial charge in [-0.25, -0.2) is 12.8 Å². The average molecular weight is 459 g/mol. The summed E-state index contributed by atoms with van der Waals surface area (Å²) in [7, 11) is -1.07. The molecule has 7 nitrogen and oxygen atoms in total. The molecule has 168 valence electrons. The van der Waals surface area contributed by atoms with Crippen molar-refractivity contribution in [2.75, 3.05) is 23.8 Å². The van der Waals surface area contributed by atoms with Crippen LogP contribution in [-0.4, -0.2) is 28.5 Å². The summed E-state index contributed by atoms with van der Waals surface area (Å²) < 4.78 is 52.3. The summed E-state index contributed by atoms with van der Waals surface area (Å²) in [6, 6.07) is 16.2. The van der Waals surface area contributed by atoms with E-state index in [0.29, 0.717) is 28.4 Å². The highest BCUT2D eigenvalue weighted by Crippen LogP contribution is 2.34. The summed E-state index contributed by atoms with van der Waals surface area (Å²) in [5.74, 6) is 0.145. The second-order valence-corrected chi connectivity index (χ2v) is 8.75. The molecule has 0 aliphatic carbocycles. The number of rotatable bonds is 8. The standard InChI is InChI=1S/C23H23FN2O5S/c1-16(27)25-19-8-11-21(12-9-19)32(28,29)26(15-17-4-6-18(24)7-5-17)20-10-13-22(30-2)23(14-20)31-3/h4-14H,15H2,1-3H3,(H,25,27). The third-order valence-corrected chi connectivity index (χ3v) is 6.45. The Hall–Kier alpha value is -3.59. The fourth-order valence-electron chi connectivity index (χ4n) is 3.09. The van der Waals surface area contributed by atoms with Crippen LogP contribution < -0.4 is 19.1 Å². The molecule has 0 aliphatic heterocycles. The van der Waals surface area contributed by atoms with Crippen molar-refractivity contribution in [2.24, 2.45) is 0 Å². The zero-order valence-electron chi connectivity index (χ0n) is 17.8. The van der Waals surface area contributed by atoms with Crippen LogP contribution in [0.1, 0.15) is 12.5 Å². The monoisotopic (exact) mass is 458 g/mol. The summed E-state index contributed by atoms with van der Waals surface area (Å²) in [5.41, 5.74) is 1.42. The van der Waals surface area contributed by atoms with Crippen LogP contribution >= 0.6 is 0 Å². The summed E-state index contributed by atoms with van der Waals surface area (Å²) in [4.78, 5) is 11.3. The second-order valence-electron chi connectivity index (χ2n) is 6.88. The van der Waals surface area contributed by atoms with Crippen molar-refractivity contribution in [2.45, 2.75) is 18.4 Å². The lowest BCUT2D eigenvalue weighted by atomic mass is 10.2. The van der Waals surface area contributed by atoms with Crippen LogP contribution in [-0.2, 0) is 21.4 Å². The molecule has 1 N–H and O–H groups in total. The van der Waals surface area contributed by atoms with Crippen molar-refractivity contribution < 1.29 is 27.1 Å². The minimum atomic E-state index is -4.02. The van der Waals surface area contributed by atoms with Crippen molar-refractivity contribution in [1.29, 1.82) is 0 Å². The summed E-state index contributed by atoms with van der Waals surface area (Å²) in [6.07, 6.45) is 0. The van der Waals surface area contributed by atoms with Crippen LogP contribution in [0.4, 0.5) is 15.8 Å². The highest BCUT2D eigenvalue weighted by atomic mass is 32.2. The molecule has 0 bridgehead atoms. The van der Waals surface area contributed by atoms with Gasteiger partial charge >= 0.3 is 0 Å². The number of anilines is 2. The molecule has 0 spiro atoms. The third kappa shape index (κ3) is 5.17. The minimum absolute atomic E-state index is 0.0310. The van der Waals surface area contributed by atoms with Gasteiger partial charge in [0.1, 0.15) is 5.82 Å². The van der Waals surface area contributed by atoms with Crippen LogP contribution in [0.15, 0.2) is 71.6 Å². The molecule has 3 rings (SSSR count). The first-order chi connectivity index (χ1) is 15.2. The van der Waals surface area contributed by atoms with Gasteiger partial charge < -0.3 is 14.8 Å². The van der Waals surface area contributed by atoms with E-state index in [9.17, 15) is 17.6 Å². The van der Waals surface area contributed by atoms with Gasteiger partial charge in [0.05, 0.1) is 31.3 Å². The number of hydrogen-bond acceptors (Lipinski definition) is 5. The van der Waals surface area contributed by atoms with Crippen LogP contribution in [0.2, 0.25) is 0 Å². The zero-order valence-corrected chi connectivity index (χ0v) is 18.6. The Balaban J connectivity index is 2.06. The molecule has 0 saturated carbocycles. The Kier molecular flexibility index (Phi) is 6.99. The van der Waals surface area contributed by atoms with Gasteiger partial charge in [-0.1, -0.05) is 12.1 Å². The predicted octanol–water partition coefficient (Wildman–Crippen LogP) is 4.20. The van der Waals surface area contributed by atoms with Gasteiger partial charge in [0.15, 0.2) is 11.5 Å². The molecule has 0 aromatic heterocycles. The number of ether oxygens (including phenoxy) is 2. The number of methoxy groups -OCH3 is 2. The number of carbonyl (C=O) groups is 1. The van der Waals surface area contributed by atoms with Crippen molar-refractivity contribution in [1.82, 2.24) is 0 Å². The lowest BCUT2D eigenvalue weighted by molar-refractivity contribution is -0.114. The molecule has 1 amide bonds. The van der Waals surface area contributed by atoms with E-state index in [1.54, 1.807) is 18.2 Å². The number of nitrogens with zero attached hydrogens (tertiary/aromatic N) is 1. The van der Waals surface area contributed by atoms with E-state index in [4.69, 9.17) is 9.47 Å². The van der Waals surface area contributed by atoms with Gasteiger partial charge in [0.2, 0.25) is 5.91 Å². The van der Waals surface area contributed by atoms with E-state index in [1.165, 1.54) is 74.0 Å². The third-order valence-electron chi connectivity index (χ3n) is 4.66. The fourth-order valence-corrected chi connectivity index (χ4v) is 4.54. The molecule has 0 unspecified atom stereocenters. The maximum Gasteiger partial charge on any atom is 0.264 e. The number of hydrogen-bond donors (Lipinski definition) is 1. The predicted molar refractivity (Wildman–Crippen MR) is 120 cm³/mol. The normalized spacial score (nSPS) is 11.0. The first-order valence-corrected chi connectivity index (χ1v) is 11.1. The molecule has 32 heavy (non-hydrogen) atoms. The number of carbonyl (C=O) groups excluding carboxylic acids is 1. The smallest absolute Gasteiger partial charge is 0.264 e. The maximum absolute atomic E-state index is 13.6. The lowest BCUT2D eigenvalue weighted by Crippen LogP contribution is -2.30. The van der Waals surface area contributed by atoms with Crippen LogP contribution in [0.3, 0.4) is 0 Å². The number of amides is 1. The molecule has 3 aromatic rings. The molecular formula is C23H23FN2O5S. The SMILES string of the molecule is COc1ccc(N(Cc2ccc(F)cc2)S(=O)(=O)c2ccc(NC(C)=O)cc2)cc1OC. The summed E-state index contributed by atoms with van der Waals surface area (Å²) >= 11 is 0. The molecule has 9 heteroatoms. The molecular weight excluding hydrogens is 435 g/mol. The van der Waals surface area contributed by atoms with Gasteiger partial charge in [-0.05, 0) is 54.1 Å². The summed E-state index contributed by atoms with van der Waals surface area (Å²) in [6.45, 7) is 1.33. The Morgan fingerprint density at radius 1 is 0.938 bits per heavy atom. The number of sulfonamides is 1. The highest BCUT2D eigenvalue weighted by molar-refractivity contribution is 7.92. The Bertz CT molecular complexity index is 1200. The van der Waals surface area contributed by atoms with Crippen LogP contribution in [0, 0.1) is 5.82 Å². The van der Waals surface area contributed by atoms with Gasteiger partial charge in [0.25, 0.3) is 10.0 Å². The number of benzene rings is 3. The molecule has 0 radical (unpaired) electrons. The molecule has 0 aliphatic rings. The van der Waals surface area contributed by atoms with Crippen LogP contribution in [0.5, 0.6) is 11.5 Å². The molecule has 3 aromatic carbocycles. The van der Waals surface area contributed by atoms with E-state index >= 15 is 0 Å². The second kappa shape index (κ2) is 9.69. The molecule has 0 atom stereocenters. The first-order valence-electron chi connectivity index (χ1n) is 9.61. The first kappa shape index (κ1) is 23.1. The largest absolute Gasteiger partial charge is 0.493 e. The minimum Gasteiger partial charge on any atom is -0.493 e. The number of halogens is 1. The van der Waals surface area contributed by atoms with E-state index in [-0.39, 0.29) is 17.3 Å². The van der Waals surface area contributed by atoms with Gasteiger partial charge in [0, 0.05) is 18.7 Å². The molecule has 0 fully saturated rings. The lowest BCUT2D eigenvalue weighted by Gasteiger charge is -2.25. The Morgan fingerprint density at radius 2 is 1.56 bits per heavy atom. The van der Waals surface area contributed by atoms with E-state index in [0.717, 1.165) is 0 Å². The Labute approximate surface area is 186 Å². The summed E-state index contributed by atoms with van der Waals surface area (Å²) in [5, 5.41) is 2.60. The molecule has 0 saturated heterocycles. The van der Waals surface area contributed by atoms with Crippen LogP contribution in [0.25, 0.3) is 0 Å². The van der Waals surface area contributed by atoms with Crippen molar-refractivity contribution in [3.05, 3.63) is 78.1 Å². The van der Waals surface area contributed by atoms with Crippen molar-refractivity contribution >= 4 is 27.3 Å². The van der Waals surface area contributed by atoms with Gasteiger partial charge in [-0.15, -0.1) is 0 Å².